The van der Waals surface area contributed by atoms with Crippen LogP contribution in [0.1, 0.15) is 51.5 Å². The summed E-state index contributed by atoms with van der Waals surface area (Å²) in [6.07, 6.45) is 4.91. The van der Waals surface area contributed by atoms with E-state index in [9.17, 15) is 13.2 Å². The standard InChI is InChI=1S/C30H43N3O5S/c1-21(2)19-33(39(35,36)25-15-13-24(31)14-16-25)20-29(37-3)27(18-22-8-5-4-6-9-22)32-30(34)38-28-17-12-23-10-7-11-26(23)28/h4-6,8-9,13-16,21,23,26-29H,7,10-12,17-20,31H2,1-3H3,(H,32,34)/t23-,26-,27+,28+,29-/m1/s1. The number of rotatable bonds is 12. The van der Waals surface area contributed by atoms with Gasteiger partial charge in [-0.05, 0) is 73.3 Å². The molecule has 0 aliphatic heterocycles. The second-order valence-electron chi connectivity index (χ2n) is 11.4. The summed E-state index contributed by atoms with van der Waals surface area (Å²) < 4.78 is 40.7. The summed E-state index contributed by atoms with van der Waals surface area (Å²) in [5.41, 5.74) is 7.30. The predicted octanol–water partition coefficient (Wildman–Crippen LogP) is 4.85. The van der Waals surface area contributed by atoms with Crippen LogP contribution in [0.4, 0.5) is 10.5 Å². The molecule has 0 bridgehead atoms. The summed E-state index contributed by atoms with van der Waals surface area (Å²) in [5, 5.41) is 3.06. The Kier molecular flexibility index (Phi) is 9.91. The van der Waals surface area contributed by atoms with E-state index in [0.717, 1.165) is 24.8 Å². The Labute approximate surface area is 233 Å². The van der Waals surface area contributed by atoms with Gasteiger partial charge in [0, 0.05) is 25.9 Å². The van der Waals surface area contributed by atoms with Crippen molar-refractivity contribution in [1.82, 2.24) is 9.62 Å². The number of anilines is 1. The summed E-state index contributed by atoms with van der Waals surface area (Å²) >= 11 is 0. The van der Waals surface area contributed by atoms with Gasteiger partial charge in [-0.2, -0.15) is 4.31 Å². The van der Waals surface area contributed by atoms with Crippen molar-refractivity contribution in [2.75, 3.05) is 25.9 Å². The van der Waals surface area contributed by atoms with Crippen molar-refractivity contribution in [1.29, 1.82) is 0 Å². The maximum atomic E-state index is 13.7. The predicted molar refractivity (Wildman–Crippen MR) is 153 cm³/mol. The zero-order chi connectivity index (χ0) is 28.0. The molecular formula is C30H43N3O5S. The Hall–Kier alpha value is -2.62. The van der Waals surface area contributed by atoms with E-state index in [0.29, 0.717) is 30.5 Å². The molecule has 39 heavy (non-hydrogen) atoms. The van der Waals surface area contributed by atoms with Crippen LogP contribution in [-0.2, 0) is 25.9 Å². The molecule has 214 valence electrons. The first kappa shape index (κ1) is 29.4. The minimum Gasteiger partial charge on any atom is -0.446 e. The second kappa shape index (κ2) is 13.2. The average molecular weight is 558 g/mol. The third kappa shape index (κ3) is 7.52. The number of benzene rings is 2. The number of methoxy groups -OCH3 is 1. The summed E-state index contributed by atoms with van der Waals surface area (Å²) in [7, 11) is -2.27. The molecule has 4 rings (SSSR count). The molecule has 0 saturated heterocycles. The lowest BCUT2D eigenvalue weighted by molar-refractivity contribution is 0.0366. The number of carbonyl (C=O) groups is 1. The van der Waals surface area contributed by atoms with Crippen LogP contribution in [0, 0.1) is 17.8 Å². The number of hydrogen-bond acceptors (Lipinski definition) is 6. The molecule has 3 N–H and O–H groups in total. The van der Waals surface area contributed by atoms with Gasteiger partial charge in [0.15, 0.2) is 0 Å². The van der Waals surface area contributed by atoms with Gasteiger partial charge in [-0.1, -0.05) is 57.0 Å². The molecule has 2 aromatic carbocycles. The van der Waals surface area contributed by atoms with E-state index in [4.69, 9.17) is 15.2 Å². The molecule has 2 aliphatic rings. The molecule has 2 aliphatic carbocycles. The minimum atomic E-state index is -3.83. The van der Waals surface area contributed by atoms with Crippen molar-refractivity contribution in [3.05, 3.63) is 60.2 Å². The first-order valence-corrected chi connectivity index (χ1v) is 15.5. The van der Waals surface area contributed by atoms with Gasteiger partial charge in [0.2, 0.25) is 10.0 Å². The summed E-state index contributed by atoms with van der Waals surface area (Å²) in [4.78, 5) is 13.4. The van der Waals surface area contributed by atoms with E-state index in [2.05, 4.69) is 5.32 Å². The van der Waals surface area contributed by atoms with Crippen molar-refractivity contribution in [2.45, 2.75) is 75.5 Å². The smallest absolute Gasteiger partial charge is 0.407 e. The van der Waals surface area contributed by atoms with Crippen LogP contribution in [-0.4, -0.2) is 57.3 Å². The molecule has 0 unspecified atom stereocenters. The zero-order valence-corrected chi connectivity index (χ0v) is 24.1. The van der Waals surface area contributed by atoms with Crippen LogP contribution in [0.2, 0.25) is 0 Å². The number of nitrogens with one attached hydrogen (secondary N) is 1. The molecule has 2 saturated carbocycles. The lowest BCUT2D eigenvalue weighted by atomic mass is 9.99. The van der Waals surface area contributed by atoms with E-state index >= 15 is 0 Å². The minimum absolute atomic E-state index is 0.0563. The number of alkyl carbamates (subject to hydrolysis) is 1. The third-order valence-corrected chi connectivity index (χ3v) is 9.95. The van der Waals surface area contributed by atoms with Crippen LogP contribution in [0.15, 0.2) is 59.5 Å². The number of nitrogens with two attached hydrogens (primary N) is 1. The fourth-order valence-corrected chi connectivity index (χ4v) is 7.77. The molecule has 1 amide bonds. The van der Waals surface area contributed by atoms with Crippen LogP contribution < -0.4 is 11.1 Å². The SMILES string of the molecule is CO[C@H](CN(CC(C)C)S(=O)(=O)c1ccc(N)cc1)[C@H](Cc1ccccc1)NC(=O)O[C@H]1CC[C@H]2CCC[C@H]21. The quantitative estimate of drug-likeness (QED) is 0.361. The number of nitrogen functional groups attached to an aromatic ring is 1. The van der Waals surface area contributed by atoms with Crippen LogP contribution >= 0.6 is 0 Å². The van der Waals surface area contributed by atoms with Crippen LogP contribution in [0.3, 0.4) is 0 Å². The van der Waals surface area contributed by atoms with E-state index in [1.54, 1.807) is 19.2 Å². The highest BCUT2D eigenvalue weighted by Crippen LogP contribution is 2.45. The second-order valence-corrected chi connectivity index (χ2v) is 13.3. The van der Waals surface area contributed by atoms with Crippen molar-refractivity contribution < 1.29 is 22.7 Å². The lowest BCUT2D eigenvalue weighted by Gasteiger charge is -2.33. The van der Waals surface area contributed by atoms with Gasteiger partial charge in [-0.25, -0.2) is 13.2 Å². The fraction of sp³-hybridized carbons (Fsp3) is 0.567. The number of nitrogens with zero attached hydrogens (tertiary/aromatic N) is 1. The van der Waals surface area contributed by atoms with Gasteiger partial charge in [0.25, 0.3) is 0 Å². The number of fused-ring (bicyclic) bond motifs is 1. The number of sulfonamides is 1. The van der Waals surface area contributed by atoms with Gasteiger partial charge in [-0.3, -0.25) is 0 Å². The maximum Gasteiger partial charge on any atom is 0.407 e. The largest absolute Gasteiger partial charge is 0.446 e. The Morgan fingerprint density at radius 3 is 2.41 bits per heavy atom. The fourth-order valence-electron chi connectivity index (χ4n) is 6.15. The van der Waals surface area contributed by atoms with Gasteiger partial charge in [-0.15, -0.1) is 0 Å². The molecule has 0 heterocycles. The highest BCUT2D eigenvalue weighted by atomic mass is 32.2. The van der Waals surface area contributed by atoms with Gasteiger partial charge < -0.3 is 20.5 Å². The number of hydrogen-bond donors (Lipinski definition) is 2. The Bertz CT molecular complexity index is 1170. The Morgan fingerprint density at radius 1 is 1.03 bits per heavy atom. The summed E-state index contributed by atoms with van der Waals surface area (Å²) in [6, 6.07) is 15.5. The Balaban J connectivity index is 1.54. The van der Waals surface area contributed by atoms with Crippen LogP contribution in [0.5, 0.6) is 0 Å². The van der Waals surface area contributed by atoms with Crippen molar-refractivity contribution >= 4 is 21.8 Å². The molecule has 5 atom stereocenters. The van der Waals surface area contributed by atoms with Crippen LogP contribution in [0.25, 0.3) is 0 Å². The topological polar surface area (TPSA) is 111 Å². The van der Waals surface area contributed by atoms with Crippen molar-refractivity contribution in [3.63, 3.8) is 0 Å². The van der Waals surface area contributed by atoms with Crippen molar-refractivity contribution in [3.8, 4) is 0 Å². The molecule has 9 heteroatoms. The maximum absolute atomic E-state index is 13.7. The van der Waals surface area contributed by atoms with Crippen molar-refractivity contribution in [2.24, 2.45) is 17.8 Å². The third-order valence-electron chi connectivity index (χ3n) is 8.10. The lowest BCUT2D eigenvalue weighted by Crippen LogP contribution is -2.52. The Morgan fingerprint density at radius 2 is 1.74 bits per heavy atom. The number of ether oxygens (including phenoxy) is 2. The highest BCUT2D eigenvalue weighted by Gasteiger charge is 2.41. The highest BCUT2D eigenvalue weighted by molar-refractivity contribution is 7.89. The monoisotopic (exact) mass is 557 g/mol. The molecule has 0 radical (unpaired) electrons. The summed E-state index contributed by atoms with van der Waals surface area (Å²) in [5.74, 6) is 1.20. The first-order chi connectivity index (χ1) is 18.7. The zero-order valence-electron chi connectivity index (χ0n) is 23.3. The van der Waals surface area contributed by atoms with E-state index in [1.807, 2.05) is 44.2 Å². The van der Waals surface area contributed by atoms with E-state index in [-0.39, 0.29) is 23.5 Å². The van der Waals surface area contributed by atoms with Gasteiger partial charge >= 0.3 is 6.09 Å². The normalized spacial score (nSPS) is 22.5. The summed E-state index contributed by atoms with van der Waals surface area (Å²) in [6.45, 7) is 4.33. The van der Waals surface area contributed by atoms with E-state index < -0.39 is 28.3 Å². The molecule has 0 spiro atoms. The molecule has 0 aromatic heterocycles. The van der Waals surface area contributed by atoms with Gasteiger partial charge in [0.1, 0.15) is 6.10 Å². The van der Waals surface area contributed by atoms with Gasteiger partial charge in [0.05, 0.1) is 17.0 Å². The number of amides is 1. The molecule has 2 fully saturated rings. The first-order valence-electron chi connectivity index (χ1n) is 14.1. The number of carbonyl (C=O) groups excluding carboxylic acids is 1. The molecular weight excluding hydrogens is 514 g/mol. The molecule has 8 nitrogen and oxygen atoms in total. The van der Waals surface area contributed by atoms with E-state index in [1.165, 1.54) is 29.3 Å². The molecule has 2 aromatic rings. The average Bonchev–Trinajstić information content (AvgIpc) is 3.52.